The van der Waals surface area contributed by atoms with Crippen LogP contribution in [-0.2, 0) is 0 Å². The topological polar surface area (TPSA) is 86.6 Å². The van der Waals surface area contributed by atoms with E-state index in [-0.39, 0.29) is 18.6 Å². The Kier molecular flexibility index (Phi) is 5.80. The van der Waals surface area contributed by atoms with Crippen molar-refractivity contribution in [2.24, 2.45) is 16.8 Å². The quantitative estimate of drug-likeness (QED) is 0.722. The number of hydrogen-bond donors (Lipinski definition) is 1. The van der Waals surface area contributed by atoms with Gasteiger partial charge in [0.2, 0.25) is 0 Å². The number of amides is 1. The van der Waals surface area contributed by atoms with E-state index in [4.69, 9.17) is 0 Å². The molecule has 1 saturated carbocycles. The summed E-state index contributed by atoms with van der Waals surface area (Å²) in [6.45, 7) is 2.72. The third kappa shape index (κ3) is 4.65. The van der Waals surface area contributed by atoms with Gasteiger partial charge in [-0.25, -0.2) is 20.4 Å². The number of aliphatic imine (C=N–C) groups is 1. The minimum Gasteiger partial charge on any atom is -0.333 e. The molecule has 0 radical (unpaired) electrons. The van der Waals surface area contributed by atoms with Gasteiger partial charge in [-0.3, -0.25) is 14.8 Å². The summed E-state index contributed by atoms with van der Waals surface area (Å²) in [4.78, 5) is 32.3. The Morgan fingerprint density at radius 1 is 1.18 bits per heavy atom. The average molecular weight is 471 g/mol. The number of allylic oxidation sites excluding steroid dienone is 1. The van der Waals surface area contributed by atoms with E-state index in [1.807, 2.05) is 24.0 Å². The van der Waals surface area contributed by atoms with Crippen molar-refractivity contribution in [2.45, 2.75) is 32.0 Å². The highest BCUT2D eigenvalue weighted by Crippen LogP contribution is 2.47. The van der Waals surface area contributed by atoms with E-state index in [0.29, 0.717) is 42.0 Å². The predicted molar refractivity (Wildman–Crippen MR) is 118 cm³/mol. The van der Waals surface area contributed by atoms with Crippen LogP contribution in [0.5, 0.6) is 0 Å². The number of hydrogen-bond acceptors (Lipinski definition) is 7. The number of halogens is 3. The van der Waals surface area contributed by atoms with Crippen LogP contribution in [-0.4, -0.2) is 68.5 Å². The highest BCUT2D eigenvalue weighted by molar-refractivity contribution is 6.00. The first-order valence-corrected chi connectivity index (χ1v) is 11.2. The van der Waals surface area contributed by atoms with Crippen molar-refractivity contribution in [3.8, 4) is 11.4 Å². The number of carbonyl (C=O) groups excluding carboxylic acids is 1. The standard InChI is InChI=1S/C23H24F3N7O/c1-14-3-4-18(21-27-6-2-7-28-21)20(31-14)22(34)33-12-16-9-15(16)10-17(33)11-30-32-8-5-19(29-13-32)23(24,25)26/h2-8,15-17,30H,9-13H2,1H3/t15-,16+,17+/m1/s1. The van der Waals surface area contributed by atoms with Crippen molar-refractivity contribution >= 4 is 11.6 Å². The van der Waals surface area contributed by atoms with Crippen LogP contribution in [0.2, 0.25) is 0 Å². The molecule has 0 bridgehead atoms. The molecule has 5 rings (SSSR count). The number of aryl methyl sites for hydroxylation is 1. The largest absolute Gasteiger partial charge is 0.433 e. The van der Waals surface area contributed by atoms with E-state index in [1.54, 1.807) is 18.5 Å². The summed E-state index contributed by atoms with van der Waals surface area (Å²) in [6, 6.07) is 5.23. The zero-order valence-electron chi connectivity index (χ0n) is 18.5. The molecule has 1 N–H and O–H groups in total. The summed E-state index contributed by atoms with van der Waals surface area (Å²) in [5.41, 5.74) is 3.84. The Hall–Kier alpha value is -3.34. The van der Waals surface area contributed by atoms with Crippen LogP contribution in [0.1, 0.15) is 29.0 Å². The van der Waals surface area contributed by atoms with E-state index in [2.05, 4.69) is 25.4 Å². The van der Waals surface area contributed by atoms with Crippen molar-refractivity contribution in [2.75, 3.05) is 19.8 Å². The molecule has 1 amide bonds. The number of rotatable bonds is 5. The number of alkyl halides is 3. The van der Waals surface area contributed by atoms with Crippen LogP contribution < -0.4 is 5.43 Å². The minimum absolute atomic E-state index is 0.121. The number of aromatic nitrogens is 3. The third-order valence-electron chi connectivity index (χ3n) is 6.45. The summed E-state index contributed by atoms with van der Waals surface area (Å²) >= 11 is 0. The van der Waals surface area contributed by atoms with Crippen molar-refractivity contribution in [3.63, 3.8) is 0 Å². The average Bonchev–Trinajstić information content (AvgIpc) is 3.60. The zero-order chi connectivity index (χ0) is 23.9. The first-order valence-electron chi connectivity index (χ1n) is 11.2. The van der Waals surface area contributed by atoms with Gasteiger partial charge in [0.15, 0.2) is 5.82 Å². The highest BCUT2D eigenvalue weighted by atomic mass is 19.4. The molecule has 0 spiro atoms. The molecule has 2 aliphatic heterocycles. The number of hydrazine groups is 1. The molecule has 2 fully saturated rings. The third-order valence-corrected chi connectivity index (χ3v) is 6.45. The highest BCUT2D eigenvalue weighted by Gasteiger charge is 2.47. The molecular weight excluding hydrogens is 447 g/mol. The van der Waals surface area contributed by atoms with Gasteiger partial charge in [0.1, 0.15) is 18.1 Å². The lowest BCUT2D eigenvalue weighted by Crippen LogP contribution is -2.52. The van der Waals surface area contributed by atoms with Crippen molar-refractivity contribution < 1.29 is 18.0 Å². The number of piperidine rings is 1. The van der Waals surface area contributed by atoms with E-state index in [9.17, 15) is 18.0 Å². The fourth-order valence-electron chi connectivity index (χ4n) is 4.54. The molecular formula is C23H24F3N7O. The summed E-state index contributed by atoms with van der Waals surface area (Å²) in [5.74, 6) is 1.31. The number of likely N-dealkylation sites (tertiary alicyclic amines) is 1. The molecule has 2 aromatic heterocycles. The van der Waals surface area contributed by atoms with Gasteiger partial charge >= 0.3 is 6.18 Å². The molecule has 0 unspecified atom stereocenters. The maximum Gasteiger partial charge on any atom is 0.433 e. The second-order valence-electron chi connectivity index (χ2n) is 8.85. The van der Waals surface area contributed by atoms with Gasteiger partial charge in [0.05, 0.1) is 5.56 Å². The maximum atomic E-state index is 13.7. The fourth-order valence-corrected chi connectivity index (χ4v) is 4.54. The summed E-state index contributed by atoms with van der Waals surface area (Å²) < 4.78 is 38.4. The first-order chi connectivity index (χ1) is 16.3. The second-order valence-corrected chi connectivity index (χ2v) is 8.85. The molecule has 2 aromatic rings. The molecule has 34 heavy (non-hydrogen) atoms. The Morgan fingerprint density at radius 3 is 2.68 bits per heavy atom. The Bertz CT molecular complexity index is 1140. The molecule has 1 aliphatic carbocycles. The van der Waals surface area contributed by atoms with Crippen LogP contribution in [0.15, 0.2) is 47.9 Å². The smallest absolute Gasteiger partial charge is 0.333 e. The van der Waals surface area contributed by atoms with Crippen LogP contribution >= 0.6 is 0 Å². The van der Waals surface area contributed by atoms with Gasteiger partial charge in [0, 0.05) is 43.4 Å². The van der Waals surface area contributed by atoms with Gasteiger partial charge in [-0.15, -0.1) is 0 Å². The maximum absolute atomic E-state index is 13.7. The number of nitrogens with one attached hydrogen (secondary N) is 1. The van der Waals surface area contributed by atoms with Crippen LogP contribution in [0.3, 0.4) is 0 Å². The lowest BCUT2D eigenvalue weighted by atomic mass is 10.0. The van der Waals surface area contributed by atoms with Gasteiger partial charge in [0.25, 0.3) is 5.91 Å². The summed E-state index contributed by atoms with van der Waals surface area (Å²) in [5, 5.41) is 1.50. The second kappa shape index (κ2) is 8.79. The van der Waals surface area contributed by atoms with Gasteiger partial charge < -0.3 is 4.90 Å². The SMILES string of the molecule is Cc1ccc(-c2ncccn2)c(C(=O)N2C[C@@H]3C[C@@H]3C[C@H]2CNN2C=CC(C(F)(F)F)=NC2)n1. The van der Waals surface area contributed by atoms with Gasteiger partial charge in [-0.05, 0) is 55.9 Å². The molecule has 3 atom stereocenters. The van der Waals surface area contributed by atoms with E-state index in [0.717, 1.165) is 24.6 Å². The summed E-state index contributed by atoms with van der Waals surface area (Å²) in [7, 11) is 0. The Labute approximate surface area is 194 Å². The van der Waals surface area contributed by atoms with E-state index < -0.39 is 11.9 Å². The zero-order valence-corrected chi connectivity index (χ0v) is 18.5. The fraction of sp³-hybridized carbons (Fsp3) is 0.435. The molecule has 8 nitrogen and oxygen atoms in total. The van der Waals surface area contributed by atoms with E-state index in [1.165, 1.54) is 11.2 Å². The van der Waals surface area contributed by atoms with Gasteiger partial charge in [-0.2, -0.15) is 13.2 Å². The van der Waals surface area contributed by atoms with Crippen molar-refractivity contribution in [1.82, 2.24) is 30.3 Å². The van der Waals surface area contributed by atoms with Gasteiger partial charge in [-0.1, -0.05) is 0 Å². The minimum atomic E-state index is -4.46. The van der Waals surface area contributed by atoms with Crippen LogP contribution in [0, 0.1) is 18.8 Å². The first kappa shape index (κ1) is 22.5. The molecule has 3 aliphatic rings. The molecule has 11 heteroatoms. The Morgan fingerprint density at radius 2 is 1.97 bits per heavy atom. The normalized spacial score (nSPS) is 24.0. The Balaban J connectivity index is 1.33. The van der Waals surface area contributed by atoms with Crippen LogP contribution in [0.4, 0.5) is 13.2 Å². The van der Waals surface area contributed by atoms with Crippen molar-refractivity contribution in [1.29, 1.82) is 0 Å². The lowest BCUT2D eigenvalue weighted by molar-refractivity contribution is -0.0585. The van der Waals surface area contributed by atoms with Crippen molar-refractivity contribution in [3.05, 3.63) is 54.3 Å². The molecule has 1 saturated heterocycles. The number of fused-ring (bicyclic) bond motifs is 1. The lowest BCUT2D eigenvalue weighted by Gasteiger charge is -2.37. The number of nitrogens with zero attached hydrogens (tertiary/aromatic N) is 6. The van der Waals surface area contributed by atoms with E-state index >= 15 is 0 Å². The summed E-state index contributed by atoms with van der Waals surface area (Å²) in [6.07, 6.45) is 2.98. The number of carbonyl (C=O) groups is 1. The molecule has 0 aromatic carbocycles. The predicted octanol–water partition coefficient (Wildman–Crippen LogP) is 2.99. The number of pyridine rings is 1. The van der Waals surface area contributed by atoms with Crippen LogP contribution in [0.25, 0.3) is 11.4 Å². The molecule has 178 valence electrons. The monoisotopic (exact) mass is 471 g/mol. The molecule has 4 heterocycles.